The zero-order valence-electron chi connectivity index (χ0n) is 18.6. The number of hydrogen-bond acceptors (Lipinski definition) is 9. The van der Waals surface area contributed by atoms with Crippen LogP contribution in [-0.4, -0.2) is 52.1 Å². The second-order valence-electron chi connectivity index (χ2n) is 9.23. The van der Waals surface area contributed by atoms with Crippen molar-refractivity contribution < 1.29 is 18.7 Å². The number of nitrogens with one attached hydrogen (secondary N) is 1. The van der Waals surface area contributed by atoms with Crippen molar-refractivity contribution in [2.75, 3.05) is 12.3 Å². The Kier molecular flexibility index (Phi) is 5.72. The van der Waals surface area contributed by atoms with E-state index in [0.29, 0.717) is 0 Å². The van der Waals surface area contributed by atoms with Crippen LogP contribution in [0.1, 0.15) is 40.3 Å². The Balaban J connectivity index is 2.03. The highest BCUT2D eigenvalue weighted by Gasteiger charge is 2.55. The van der Waals surface area contributed by atoms with Crippen LogP contribution in [0.4, 0.5) is 5.95 Å². The molecule has 2 aromatic rings. The largest absolute Gasteiger partial charge is 0.462 e. The summed E-state index contributed by atoms with van der Waals surface area (Å²) in [4.78, 5) is 34.3. The molecule has 3 rings (SSSR count). The van der Waals surface area contributed by atoms with Gasteiger partial charge in [0.05, 0.1) is 12.4 Å². The average Bonchev–Trinajstić information content (AvgIpc) is 3.21. The number of nitriles is 1. The molecule has 2 aromatic heterocycles. The van der Waals surface area contributed by atoms with E-state index in [9.17, 15) is 14.9 Å². The quantitative estimate of drug-likeness (QED) is 0.514. The van der Waals surface area contributed by atoms with E-state index in [2.05, 4.69) is 54.9 Å². The Hall–Kier alpha value is -2.75. The third kappa shape index (κ3) is 4.21. The van der Waals surface area contributed by atoms with Crippen LogP contribution in [0, 0.1) is 11.3 Å². The van der Waals surface area contributed by atoms with Crippen molar-refractivity contribution >= 4 is 31.4 Å². The number of nitrogens with zero attached hydrogens (tertiary/aromatic N) is 4. The Labute approximate surface area is 180 Å². The number of H-pyrrole nitrogens is 1. The third-order valence-electron chi connectivity index (χ3n) is 5.97. The summed E-state index contributed by atoms with van der Waals surface area (Å²) in [6.07, 6.45) is 0.309. The standard InChI is InChI=1S/C19H28N6O5Si/c1-11(26)28-9-19(8-20)12(30-31(5,6)18(2,3)4)7-13(29-19)25-10-22-14-15(25)23-17(21)24-16(14)27/h10,12-13H,7,9H2,1-6H3,(H3,21,23,24,27)/t12?,13-,19-/m1/s1. The molecule has 11 nitrogen and oxygen atoms in total. The van der Waals surface area contributed by atoms with Gasteiger partial charge in [0.15, 0.2) is 19.5 Å². The topological polar surface area (TPSA) is 158 Å². The molecular formula is C19H28N6O5Si. The number of esters is 1. The van der Waals surface area contributed by atoms with Gasteiger partial charge < -0.3 is 19.6 Å². The van der Waals surface area contributed by atoms with Gasteiger partial charge in [-0.1, -0.05) is 20.8 Å². The zero-order valence-corrected chi connectivity index (χ0v) is 19.6. The molecule has 168 valence electrons. The Bertz CT molecular complexity index is 1100. The van der Waals surface area contributed by atoms with Crippen molar-refractivity contribution in [1.82, 2.24) is 19.5 Å². The van der Waals surface area contributed by atoms with Gasteiger partial charge in [-0.3, -0.25) is 19.1 Å². The van der Waals surface area contributed by atoms with Crippen LogP contribution in [-0.2, 0) is 18.7 Å². The molecule has 0 spiro atoms. The predicted molar refractivity (Wildman–Crippen MR) is 114 cm³/mol. The first kappa shape index (κ1) is 22.9. The maximum atomic E-state index is 12.1. The molecule has 0 amide bonds. The number of carbonyl (C=O) groups is 1. The highest BCUT2D eigenvalue weighted by atomic mass is 28.4. The number of rotatable bonds is 5. The Morgan fingerprint density at radius 3 is 2.77 bits per heavy atom. The Morgan fingerprint density at radius 1 is 1.52 bits per heavy atom. The lowest BCUT2D eigenvalue weighted by atomic mass is 10.00. The summed E-state index contributed by atoms with van der Waals surface area (Å²) < 4.78 is 19.4. The number of carbonyl (C=O) groups excluding carboxylic acids is 1. The first-order valence-electron chi connectivity index (χ1n) is 9.92. The molecule has 0 radical (unpaired) electrons. The molecule has 12 heteroatoms. The molecule has 1 aliphatic heterocycles. The summed E-state index contributed by atoms with van der Waals surface area (Å²) in [6.45, 7) is 11.4. The maximum absolute atomic E-state index is 12.1. The second-order valence-corrected chi connectivity index (χ2v) is 14.0. The van der Waals surface area contributed by atoms with Gasteiger partial charge in [0, 0.05) is 13.3 Å². The first-order valence-corrected chi connectivity index (χ1v) is 12.8. The smallest absolute Gasteiger partial charge is 0.302 e. The molecule has 3 heterocycles. The number of fused-ring (bicyclic) bond motifs is 1. The summed E-state index contributed by atoms with van der Waals surface area (Å²) in [5, 5.41) is 9.96. The van der Waals surface area contributed by atoms with E-state index in [0.717, 1.165) is 0 Å². The zero-order chi connectivity index (χ0) is 23.2. The fraction of sp³-hybridized carbons (Fsp3) is 0.632. The summed E-state index contributed by atoms with van der Waals surface area (Å²) >= 11 is 0. The Morgan fingerprint density at radius 2 is 2.19 bits per heavy atom. The fourth-order valence-electron chi connectivity index (χ4n) is 3.21. The number of hydrogen-bond donors (Lipinski definition) is 2. The molecule has 0 aromatic carbocycles. The van der Waals surface area contributed by atoms with E-state index in [4.69, 9.17) is 19.6 Å². The van der Waals surface area contributed by atoms with Gasteiger partial charge in [0.2, 0.25) is 11.5 Å². The number of imidazole rings is 1. The van der Waals surface area contributed by atoms with Gasteiger partial charge in [-0.25, -0.2) is 4.98 Å². The summed E-state index contributed by atoms with van der Waals surface area (Å²) in [7, 11) is -2.30. The summed E-state index contributed by atoms with van der Waals surface area (Å²) in [5.41, 5.74) is 4.04. The van der Waals surface area contributed by atoms with E-state index in [1.54, 1.807) is 4.57 Å². The molecule has 3 N–H and O–H groups in total. The van der Waals surface area contributed by atoms with Crippen molar-refractivity contribution in [2.24, 2.45) is 0 Å². The van der Waals surface area contributed by atoms with Crippen LogP contribution >= 0.6 is 0 Å². The predicted octanol–water partition coefficient (Wildman–Crippen LogP) is 1.84. The minimum Gasteiger partial charge on any atom is -0.462 e. The highest BCUT2D eigenvalue weighted by molar-refractivity contribution is 6.74. The number of aromatic amines is 1. The minimum absolute atomic E-state index is 0.0576. The van der Waals surface area contributed by atoms with Crippen LogP contribution in [0.15, 0.2) is 11.1 Å². The molecule has 0 bridgehead atoms. The van der Waals surface area contributed by atoms with Gasteiger partial charge in [0.25, 0.3) is 5.56 Å². The third-order valence-corrected chi connectivity index (χ3v) is 10.5. The summed E-state index contributed by atoms with van der Waals surface area (Å²) in [6, 6.07) is 2.17. The lowest BCUT2D eigenvalue weighted by molar-refractivity contribution is -0.153. The number of aromatic nitrogens is 4. The molecule has 0 saturated carbocycles. The summed E-state index contributed by atoms with van der Waals surface area (Å²) in [5.74, 6) is -0.584. The van der Waals surface area contributed by atoms with Crippen LogP contribution in [0.3, 0.4) is 0 Å². The molecule has 1 fully saturated rings. The van der Waals surface area contributed by atoms with Crippen molar-refractivity contribution in [3.05, 3.63) is 16.7 Å². The van der Waals surface area contributed by atoms with E-state index in [1.165, 1.54) is 13.3 Å². The van der Waals surface area contributed by atoms with Gasteiger partial charge in [-0.15, -0.1) is 0 Å². The molecule has 31 heavy (non-hydrogen) atoms. The average molecular weight is 449 g/mol. The van der Waals surface area contributed by atoms with E-state index in [1.807, 2.05) is 0 Å². The van der Waals surface area contributed by atoms with Gasteiger partial charge in [-0.05, 0) is 18.1 Å². The number of nitrogens with two attached hydrogens (primary N) is 1. The van der Waals surface area contributed by atoms with E-state index < -0.39 is 37.8 Å². The molecule has 1 unspecified atom stereocenters. The van der Waals surface area contributed by atoms with Gasteiger partial charge in [0.1, 0.15) is 18.9 Å². The van der Waals surface area contributed by atoms with E-state index in [-0.39, 0.29) is 35.2 Å². The normalized spacial score (nSPS) is 24.3. The number of ether oxygens (including phenoxy) is 2. The van der Waals surface area contributed by atoms with Crippen LogP contribution < -0.4 is 11.3 Å². The van der Waals surface area contributed by atoms with Crippen molar-refractivity contribution in [3.63, 3.8) is 0 Å². The van der Waals surface area contributed by atoms with Crippen LogP contribution in [0.5, 0.6) is 0 Å². The van der Waals surface area contributed by atoms with Crippen molar-refractivity contribution in [2.45, 2.75) is 70.2 Å². The van der Waals surface area contributed by atoms with Crippen LogP contribution in [0.25, 0.3) is 11.2 Å². The molecule has 1 saturated heterocycles. The molecular weight excluding hydrogens is 420 g/mol. The lowest BCUT2D eigenvalue weighted by Crippen LogP contribution is -2.52. The molecule has 1 aliphatic rings. The lowest BCUT2D eigenvalue weighted by Gasteiger charge is -2.40. The maximum Gasteiger partial charge on any atom is 0.302 e. The minimum atomic E-state index is -2.30. The fourth-order valence-corrected chi connectivity index (χ4v) is 4.56. The van der Waals surface area contributed by atoms with E-state index >= 15 is 0 Å². The van der Waals surface area contributed by atoms with Crippen molar-refractivity contribution in [1.29, 1.82) is 5.26 Å². The molecule has 0 aliphatic carbocycles. The SMILES string of the molecule is CC(=O)OC[C@@]1(C#N)O[C@@H](n2cnc3c(=O)[nH]c(N)nc32)CC1O[Si](C)(C)C(C)(C)C. The number of anilines is 1. The van der Waals surface area contributed by atoms with Crippen LogP contribution in [0.2, 0.25) is 18.1 Å². The molecule has 3 atom stereocenters. The first-order chi connectivity index (χ1) is 14.3. The van der Waals surface area contributed by atoms with Gasteiger partial charge in [-0.2, -0.15) is 10.2 Å². The number of nitrogen functional groups attached to an aromatic ring is 1. The monoisotopic (exact) mass is 448 g/mol. The highest BCUT2D eigenvalue weighted by Crippen LogP contribution is 2.45. The van der Waals surface area contributed by atoms with Crippen molar-refractivity contribution in [3.8, 4) is 6.07 Å². The second kappa shape index (κ2) is 7.74. The van der Waals surface area contributed by atoms with Gasteiger partial charge >= 0.3 is 5.97 Å².